The van der Waals surface area contributed by atoms with E-state index in [4.69, 9.17) is 19.9 Å². The zero-order valence-electron chi connectivity index (χ0n) is 18.8. The zero-order chi connectivity index (χ0) is 23.5. The van der Waals surface area contributed by atoms with Crippen molar-refractivity contribution in [1.29, 1.82) is 0 Å². The van der Waals surface area contributed by atoms with Gasteiger partial charge in [-0.1, -0.05) is 30.3 Å². The van der Waals surface area contributed by atoms with E-state index in [1.165, 1.54) is 0 Å². The Labute approximate surface area is 197 Å². The van der Waals surface area contributed by atoms with Crippen LogP contribution in [0.15, 0.2) is 79.0 Å². The van der Waals surface area contributed by atoms with E-state index in [0.29, 0.717) is 30.3 Å². The highest BCUT2D eigenvalue weighted by atomic mass is 16.6. The molecule has 7 nitrogen and oxygen atoms in total. The smallest absolute Gasteiger partial charge is 0.249 e. The molecule has 2 heterocycles. The van der Waals surface area contributed by atoms with Crippen molar-refractivity contribution in [1.82, 2.24) is 9.78 Å². The normalized spacial score (nSPS) is 15.3. The van der Waals surface area contributed by atoms with E-state index in [9.17, 15) is 4.79 Å². The van der Waals surface area contributed by atoms with E-state index < -0.39 is 5.91 Å². The molecule has 34 heavy (non-hydrogen) atoms. The highest BCUT2D eigenvalue weighted by Gasteiger charge is 2.20. The number of rotatable bonds is 7. The largest absolute Gasteiger partial charge is 0.493 e. The van der Waals surface area contributed by atoms with Crippen molar-refractivity contribution in [2.45, 2.75) is 12.5 Å². The number of hydrogen-bond donors (Lipinski definition) is 1. The molecule has 1 amide bonds. The molecule has 0 aliphatic carbocycles. The van der Waals surface area contributed by atoms with Crippen molar-refractivity contribution in [3.8, 4) is 39.6 Å². The highest BCUT2D eigenvalue weighted by Crippen LogP contribution is 2.35. The lowest BCUT2D eigenvalue weighted by atomic mass is 9.99. The Hall–Kier alpha value is -4.10. The second-order valence-corrected chi connectivity index (χ2v) is 8.05. The van der Waals surface area contributed by atoms with Crippen molar-refractivity contribution >= 4 is 5.91 Å². The number of amides is 1. The van der Waals surface area contributed by atoms with Crippen LogP contribution in [0.5, 0.6) is 11.5 Å². The molecule has 0 radical (unpaired) electrons. The van der Waals surface area contributed by atoms with Gasteiger partial charge in [0.15, 0.2) is 11.5 Å². The molecule has 3 aromatic carbocycles. The van der Waals surface area contributed by atoms with E-state index in [2.05, 4.69) is 5.10 Å². The van der Waals surface area contributed by atoms with Crippen LogP contribution in [0.2, 0.25) is 0 Å². The summed E-state index contributed by atoms with van der Waals surface area (Å²) in [5.74, 6) is 0.913. The summed E-state index contributed by atoms with van der Waals surface area (Å²) in [4.78, 5) is 11.8. The Morgan fingerprint density at radius 3 is 2.56 bits per heavy atom. The fourth-order valence-electron chi connectivity index (χ4n) is 4.17. The molecule has 2 N–H and O–H groups in total. The molecule has 1 aliphatic rings. The summed E-state index contributed by atoms with van der Waals surface area (Å²) >= 11 is 0. The molecule has 0 unspecified atom stereocenters. The fourth-order valence-corrected chi connectivity index (χ4v) is 4.17. The number of nitrogens with zero attached hydrogens (tertiary/aromatic N) is 2. The number of carbonyl (C=O) groups is 1. The van der Waals surface area contributed by atoms with Crippen LogP contribution >= 0.6 is 0 Å². The summed E-state index contributed by atoms with van der Waals surface area (Å²) < 4.78 is 19.0. The molecular weight excluding hydrogens is 430 g/mol. The first-order valence-corrected chi connectivity index (χ1v) is 11.1. The minimum atomic E-state index is -0.448. The summed E-state index contributed by atoms with van der Waals surface area (Å²) in [5, 5.41) is 4.54. The number of nitrogens with two attached hydrogens (primary N) is 1. The molecule has 1 saturated heterocycles. The van der Waals surface area contributed by atoms with Crippen LogP contribution < -0.4 is 15.2 Å². The SMILES string of the molecule is COc1ccc(-c2ccnn2-c2ccc(-c3ccccc3C(N)=O)cc2)cc1O[C@@H]1CCOC1. The summed E-state index contributed by atoms with van der Waals surface area (Å²) in [6, 6.07) is 23.0. The van der Waals surface area contributed by atoms with Gasteiger partial charge in [0.25, 0.3) is 0 Å². The van der Waals surface area contributed by atoms with Crippen LogP contribution in [0.1, 0.15) is 16.8 Å². The molecule has 0 bridgehead atoms. The number of methoxy groups -OCH3 is 1. The number of aromatic nitrogens is 2. The first-order valence-electron chi connectivity index (χ1n) is 11.1. The highest BCUT2D eigenvalue weighted by molar-refractivity contribution is 5.99. The maximum atomic E-state index is 11.8. The third-order valence-electron chi connectivity index (χ3n) is 5.90. The number of primary amides is 1. The molecule has 7 heteroatoms. The van der Waals surface area contributed by atoms with Crippen LogP contribution in [-0.4, -0.2) is 42.1 Å². The lowest BCUT2D eigenvalue weighted by Crippen LogP contribution is -2.16. The van der Waals surface area contributed by atoms with Gasteiger partial charge in [0, 0.05) is 17.5 Å². The summed E-state index contributed by atoms with van der Waals surface area (Å²) in [5.41, 5.74) is 10.5. The minimum absolute atomic E-state index is 0.0184. The van der Waals surface area contributed by atoms with E-state index in [-0.39, 0.29) is 6.10 Å². The van der Waals surface area contributed by atoms with Gasteiger partial charge in [0.2, 0.25) is 5.91 Å². The van der Waals surface area contributed by atoms with Crippen LogP contribution in [0, 0.1) is 0 Å². The van der Waals surface area contributed by atoms with Gasteiger partial charge in [-0.05, 0) is 53.6 Å². The fraction of sp³-hybridized carbons (Fsp3) is 0.185. The van der Waals surface area contributed by atoms with Crippen LogP contribution in [0.3, 0.4) is 0 Å². The molecule has 0 spiro atoms. The molecule has 0 saturated carbocycles. The maximum Gasteiger partial charge on any atom is 0.249 e. The van der Waals surface area contributed by atoms with Gasteiger partial charge >= 0.3 is 0 Å². The summed E-state index contributed by atoms with van der Waals surface area (Å²) in [6.45, 7) is 1.29. The predicted octanol–water partition coefficient (Wildman–Crippen LogP) is 4.48. The van der Waals surface area contributed by atoms with E-state index in [1.54, 1.807) is 25.4 Å². The third kappa shape index (κ3) is 4.25. The van der Waals surface area contributed by atoms with Gasteiger partial charge in [-0.2, -0.15) is 5.10 Å². The molecule has 1 atom stereocenters. The van der Waals surface area contributed by atoms with Gasteiger partial charge in [-0.3, -0.25) is 4.79 Å². The van der Waals surface area contributed by atoms with Crippen LogP contribution in [0.25, 0.3) is 28.1 Å². The van der Waals surface area contributed by atoms with Crippen molar-refractivity contribution in [2.24, 2.45) is 5.73 Å². The lowest BCUT2D eigenvalue weighted by molar-refractivity contribution is 0.100. The Kier molecular flexibility index (Phi) is 6.01. The topological polar surface area (TPSA) is 88.6 Å². The number of ether oxygens (including phenoxy) is 3. The first-order chi connectivity index (χ1) is 16.6. The standard InChI is InChI=1S/C27H25N3O4/c1-32-25-11-8-19(16-26(25)34-21-13-15-33-17-21)24-12-14-29-30(24)20-9-6-18(7-10-20)22-4-2-3-5-23(22)27(28)31/h2-12,14,16,21H,13,15,17H2,1H3,(H2,28,31)/t21-/m1/s1. The van der Waals surface area contributed by atoms with Gasteiger partial charge in [0.1, 0.15) is 6.10 Å². The monoisotopic (exact) mass is 455 g/mol. The Morgan fingerprint density at radius 1 is 1.03 bits per heavy atom. The van der Waals surface area contributed by atoms with Gasteiger partial charge < -0.3 is 19.9 Å². The third-order valence-corrected chi connectivity index (χ3v) is 5.90. The van der Waals surface area contributed by atoms with Crippen molar-refractivity contribution in [3.63, 3.8) is 0 Å². The maximum absolute atomic E-state index is 11.8. The average Bonchev–Trinajstić information content (AvgIpc) is 3.56. The van der Waals surface area contributed by atoms with Crippen LogP contribution in [0.4, 0.5) is 0 Å². The molecule has 1 aliphatic heterocycles. The van der Waals surface area contributed by atoms with Crippen molar-refractivity contribution in [2.75, 3.05) is 20.3 Å². The van der Waals surface area contributed by atoms with Gasteiger partial charge in [-0.15, -0.1) is 0 Å². The van der Waals surface area contributed by atoms with E-state index in [1.807, 2.05) is 65.3 Å². The molecule has 5 rings (SSSR count). The zero-order valence-corrected chi connectivity index (χ0v) is 18.8. The Balaban J connectivity index is 1.46. The second kappa shape index (κ2) is 9.41. The average molecular weight is 456 g/mol. The molecule has 1 fully saturated rings. The Bertz CT molecular complexity index is 1310. The molecule has 1 aromatic heterocycles. The predicted molar refractivity (Wildman–Crippen MR) is 129 cm³/mol. The number of hydrogen-bond acceptors (Lipinski definition) is 5. The number of benzene rings is 3. The minimum Gasteiger partial charge on any atom is -0.493 e. The van der Waals surface area contributed by atoms with E-state index >= 15 is 0 Å². The molecule has 4 aromatic rings. The molecular formula is C27H25N3O4. The number of carbonyl (C=O) groups excluding carboxylic acids is 1. The van der Waals surface area contributed by atoms with Crippen molar-refractivity contribution < 1.29 is 19.0 Å². The Morgan fingerprint density at radius 2 is 1.82 bits per heavy atom. The van der Waals surface area contributed by atoms with Crippen molar-refractivity contribution in [3.05, 3.63) is 84.6 Å². The van der Waals surface area contributed by atoms with Crippen LogP contribution in [-0.2, 0) is 4.74 Å². The first kappa shape index (κ1) is 21.7. The quantitative estimate of drug-likeness (QED) is 0.444. The van der Waals surface area contributed by atoms with E-state index in [0.717, 1.165) is 34.5 Å². The molecule has 172 valence electrons. The lowest BCUT2D eigenvalue weighted by Gasteiger charge is -2.16. The second-order valence-electron chi connectivity index (χ2n) is 8.05. The summed E-state index contributed by atoms with van der Waals surface area (Å²) in [7, 11) is 1.63. The van der Waals surface area contributed by atoms with Gasteiger partial charge in [-0.25, -0.2) is 4.68 Å². The summed E-state index contributed by atoms with van der Waals surface area (Å²) in [6.07, 6.45) is 2.64. The van der Waals surface area contributed by atoms with Gasteiger partial charge in [0.05, 0.1) is 37.9 Å².